The number of amides is 1. The minimum absolute atomic E-state index is 0.0340. The molecule has 1 atom stereocenters. The molecule has 0 saturated heterocycles. The summed E-state index contributed by atoms with van der Waals surface area (Å²) in [5, 5.41) is 0. The molecule has 0 spiro atoms. The van der Waals surface area contributed by atoms with Crippen molar-refractivity contribution < 1.29 is 4.79 Å². The van der Waals surface area contributed by atoms with Crippen LogP contribution in [0.4, 0.5) is 0 Å². The number of carbonyl (C=O) groups excluding carboxylic acids is 1. The zero-order valence-corrected chi connectivity index (χ0v) is 9.63. The molecule has 65 valence electrons. The zero-order chi connectivity index (χ0) is 9.59. The van der Waals surface area contributed by atoms with Crippen molar-refractivity contribution in [1.29, 1.82) is 0 Å². The fraction of sp³-hybridized carbons (Fsp3) is 0.222. The molecular weight excluding hydrogens is 246 g/mol. The van der Waals surface area contributed by atoms with Crippen LogP contribution in [0.3, 0.4) is 0 Å². The van der Waals surface area contributed by atoms with Gasteiger partial charge >= 0.3 is 0 Å². The molecule has 1 unspecified atom stereocenters. The quantitative estimate of drug-likeness (QED) is 0.648. The average Bonchev–Trinajstić information content (AvgIpc) is 2.32. The minimum Gasteiger partial charge on any atom is -0.361 e. The molecule has 3 radical (unpaired) electrons. The lowest BCUT2D eigenvalue weighted by Crippen LogP contribution is -2.22. The maximum atomic E-state index is 11.6. The first-order valence-corrected chi connectivity index (χ1v) is 5.19. The topological polar surface area (TPSA) is 20.3 Å². The smallest absolute Gasteiger partial charge is 0.246 e. The van der Waals surface area contributed by atoms with Gasteiger partial charge in [-0.2, -0.15) is 0 Å². The van der Waals surface area contributed by atoms with Gasteiger partial charge in [0.2, 0.25) is 5.91 Å². The summed E-state index contributed by atoms with van der Waals surface area (Å²) in [6.45, 7) is 1.99. The minimum atomic E-state index is 0.0340. The Labute approximate surface area is 88.6 Å². The molecule has 2 rings (SSSR count). The van der Waals surface area contributed by atoms with Crippen LogP contribution in [-0.2, 0) is 0 Å². The van der Waals surface area contributed by atoms with E-state index >= 15 is 0 Å². The zero-order valence-electron chi connectivity index (χ0n) is 7.04. The molecule has 1 aromatic rings. The van der Waals surface area contributed by atoms with Crippen molar-refractivity contribution in [3.63, 3.8) is 0 Å². The van der Waals surface area contributed by atoms with E-state index in [1.807, 2.05) is 25.1 Å². The molecule has 1 aromatic carbocycles. The standard InChI is InChI=1S/C9H7BrNOSi/c1-5-8-4-6(10)2-3-7(8)9(12)11(5)13/h2-5H,1H3. The van der Waals surface area contributed by atoms with Crippen molar-refractivity contribution in [2.45, 2.75) is 13.0 Å². The fourth-order valence-electron chi connectivity index (χ4n) is 1.52. The van der Waals surface area contributed by atoms with E-state index in [9.17, 15) is 4.79 Å². The molecule has 1 amide bonds. The predicted molar refractivity (Wildman–Crippen MR) is 54.5 cm³/mol. The van der Waals surface area contributed by atoms with Gasteiger partial charge in [0.05, 0.1) is 0 Å². The van der Waals surface area contributed by atoms with Crippen molar-refractivity contribution >= 4 is 32.2 Å². The van der Waals surface area contributed by atoms with Crippen molar-refractivity contribution in [3.05, 3.63) is 33.8 Å². The van der Waals surface area contributed by atoms with Crippen LogP contribution < -0.4 is 0 Å². The van der Waals surface area contributed by atoms with E-state index < -0.39 is 0 Å². The van der Waals surface area contributed by atoms with E-state index in [0.29, 0.717) is 0 Å². The number of nitrogens with zero attached hydrogens (tertiary/aromatic N) is 1. The summed E-state index contributed by atoms with van der Waals surface area (Å²) in [4.78, 5) is 11.6. The molecule has 1 heterocycles. The molecule has 0 saturated carbocycles. The number of halogens is 1. The summed E-state index contributed by atoms with van der Waals surface area (Å²) in [5.74, 6) is 0.0340. The van der Waals surface area contributed by atoms with Crippen molar-refractivity contribution in [2.75, 3.05) is 0 Å². The van der Waals surface area contributed by atoms with Gasteiger partial charge < -0.3 is 4.57 Å². The first-order chi connectivity index (χ1) is 6.11. The van der Waals surface area contributed by atoms with Gasteiger partial charge in [0.15, 0.2) is 10.4 Å². The van der Waals surface area contributed by atoms with Gasteiger partial charge in [-0.1, -0.05) is 15.9 Å². The van der Waals surface area contributed by atoms with Gasteiger partial charge in [-0.25, -0.2) is 0 Å². The van der Waals surface area contributed by atoms with E-state index in [-0.39, 0.29) is 11.9 Å². The van der Waals surface area contributed by atoms with Crippen molar-refractivity contribution in [2.24, 2.45) is 0 Å². The fourth-order valence-corrected chi connectivity index (χ4v) is 2.16. The molecule has 2 nitrogen and oxygen atoms in total. The first-order valence-electron chi connectivity index (χ1n) is 3.95. The van der Waals surface area contributed by atoms with Crippen molar-refractivity contribution in [1.82, 2.24) is 4.57 Å². The Hall–Kier alpha value is -0.613. The van der Waals surface area contributed by atoms with E-state index in [1.54, 1.807) is 4.57 Å². The highest BCUT2D eigenvalue weighted by molar-refractivity contribution is 9.10. The monoisotopic (exact) mass is 252 g/mol. The molecule has 0 fully saturated rings. The molecule has 13 heavy (non-hydrogen) atoms. The largest absolute Gasteiger partial charge is 0.361 e. The third kappa shape index (κ3) is 1.25. The summed E-state index contributed by atoms with van der Waals surface area (Å²) in [7, 11) is 3.30. The highest BCUT2D eigenvalue weighted by Gasteiger charge is 2.30. The van der Waals surface area contributed by atoms with E-state index in [2.05, 4.69) is 26.3 Å². The summed E-state index contributed by atoms with van der Waals surface area (Å²) in [5.41, 5.74) is 1.85. The molecule has 0 N–H and O–H groups in total. The molecule has 1 aliphatic rings. The molecule has 0 aliphatic carbocycles. The van der Waals surface area contributed by atoms with Crippen LogP contribution >= 0.6 is 15.9 Å². The number of hydrogen-bond donors (Lipinski definition) is 0. The Morgan fingerprint density at radius 1 is 1.54 bits per heavy atom. The number of carbonyl (C=O) groups is 1. The Bertz CT molecular complexity index is 380. The second kappa shape index (κ2) is 2.96. The number of rotatable bonds is 0. The summed E-state index contributed by atoms with van der Waals surface area (Å²) in [6.07, 6.45) is 0. The summed E-state index contributed by atoms with van der Waals surface area (Å²) >= 11 is 3.39. The third-order valence-corrected chi connectivity index (χ3v) is 3.38. The van der Waals surface area contributed by atoms with E-state index in [1.165, 1.54) is 0 Å². The predicted octanol–water partition coefficient (Wildman–Crippen LogP) is 2.05. The van der Waals surface area contributed by atoms with Crippen molar-refractivity contribution in [3.8, 4) is 0 Å². The lowest BCUT2D eigenvalue weighted by Gasteiger charge is -2.14. The highest BCUT2D eigenvalue weighted by atomic mass is 79.9. The SMILES string of the molecule is CC1c2cc(Br)ccc2C(=O)N1[Si]. The first kappa shape index (κ1) is 8.96. The molecular formula is C9H7BrNOSi. The van der Waals surface area contributed by atoms with Gasteiger partial charge in [0.1, 0.15) is 0 Å². The second-order valence-corrected chi connectivity index (χ2v) is 4.48. The number of hydrogen-bond acceptors (Lipinski definition) is 1. The van der Waals surface area contributed by atoms with Gasteiger partial charge in [0, 0.05) is 16.1 Å². The molecule has 0 aromatic heterocycles. The van der Waals surface area contributed by atoms with Gasteiger partial charge in [0.25, 0.3) is 0 Å². The van der Waals surface area contributed by atoms with Crippen LogP contribution in [0.15, 0.2) is 22.7 Å². The lowest BCUT2D eigenvalue weighted by atomic mass is 10.1. The summed E-state index contributed by atoms with van der Waals surface area (Å²) in [6, 6.07) is 5.82. The van der Waals surface area contributed by atoms with Crippen LogP contribution in [0.2, 0.25) is 0 Å². The highest BCUT2D eigenvalue weighted by Crippen LogP contribution is 2.33. The summed E-state index contributed by atoms with van der Waals surface area (Å²) < 4.78 is 2.57. The Morgan fingerprint density at radius 2 is 2.23 bits per heavy atom. The van der Waals surface area contributed by atoms with E-state index in [4.69, 9.17) is 0 Å². The lowest BCUT2D eigenvalue weighted by molar-refractivity contribution is 0.0861. The second-order valence-electron chi connectivity index (χ2n) is 3.08. The third-order valence-electron chi connectivity index (χ3n) is 2.30. The number of fused-ring (bicyclic) bond motifs is 1. The maximum absolute atomic E-state index is 11.6. The Morgan fingerprint density at radius 3 is 2.92 bits per heavy atom. The van der Waals surface area contributed by atoms with Crippen LogP contribution in [-0.4, -0.2) is 20.9 Å². The van der Waals surface area contributed by atoms with Gasteiger partial charge in [-0.15, -0.1) is 0 Å². The molecule has 0 bridgehead atoms. The van der Waals surface area contributed by atoms with Crippen LogP contribution in [0, 0.1) is 0 Å². The van der Waals surface area contributed by atoms with Gasteiger partial charge in [-0.05, 0) is 30.7 Å². The average molecular weight is 253 g/mol. The number of benzene rings is 1. The van der Waals surface area contributed by atoms with Crippen LogP contribution in [0.25, 0.3) is 0 Å². The molecule has 1 aliphatic heterocycles. The Balaban J connectivity index is 2.60. The maximum Gasteiger partial charge on any atom is 0.246 e. The van der Waals surface area contributed by atoms with E-state index in [0.717, 1.165) is 15.6 Å². The van der Waals surface area contributed by atoms with Crippen LogP contribution in [0.5, 0.6) is 0 Å². The van der Waals surface area contributed by atoms with Gasteiger partial charge in [-0.3, -0.25) is 4.79 Å². The molecule has 4 heteroatoms. The van der Waals surface area contributed by atoms with Crippen LogP contribution in [0.1, 0.15) is 28.9 Å². The Kier molecular flexibility index (Phi) is 2.04. The normalized spacial score (nSPS) is 20.7.